The van der Waals surface area contributed by atoms with Gasteiger partial charge in [0.25, 0.3) is 0 Å². The van der Waals surface area contributed by atoms with Crippen molar-refractivity contribution in [1.82, 2.24) is 0 Å². The predicted octanol–water partition coefficient (Wildman–Crippen LogP) is 7.87. The first-order valence-corrected chi connectivity index (χ1v) is 15.3. The summed E-state index contributed by atoms with van der Waals surface area (Å²) in [5.41, 5.74) is 0. The summed E-state index contributed by atoms with van der Waals surface area (Å²) in [4.78, 5) is 3.21. The molecule has 1 aromatic rings. The molecule has 0 fully saturated rings. The molecule has 1 aromatic carbocycles. The molecule has 0 saturated carbocycles. The fourth-order valence-corrected chi connectivity index (χ4v) is 7.68. The van der Waals surface area contributed by atoms with E-state index in [0.717, 1.165) is 14.7 Å². The van der Waals surface area contributed by atoms with Crippen LogP contribution in [0.1, 0.15) is 20.8 Å². The molecule has 27 heavy (non-hydrogen) atoms. The highest BCUT2D eigenvalue weighted by molar-refractivity contribution is 8.84. The molecule has 0 aliphatic heterocycles. The van der Waals surface area contributed by atoms with Crippen molar-refractivity contribution in [2.45, 2.75) is 35.5 Å². The van der Waals surface area contributed by atoms with Gasteiger partial charge in [0.05, 0.1) is 19.8 Å². The lowest BCUT2D eigenvalue weighted by atomic mass is 10.4. The molecule has 0 saturated heterocycles. The first-order chi connectivity index (χ1) is 13.0. The van der Waals surface area contributed by atoms with Gasteiger partial charge < -0.3 is 14.2 Å². The van der Waals surface area contributed by atoms with Gasteiger partial charge in [-0.2, -0.15) is 0 Å². The van der Waals surface area contributed by atoms with Crippen LogP contribution < -0.4 is 0 Å². The van der Waals surface area contributed by atoms with E-state index >= 15 is 0 Å². The Bertz CT molecular complexity index is 541. The molecule has 0 heterocycles. The summed E-state index contributed by atoms with van der Waals surface area (Å²) in [7, 11) is 8.98. The molecule has 12 heteroatoms. The van der Waals surface area contributed by atoms with Crippen molar-refractivity contribution >= 4 is 115 Å². The third-order valence-corrected chi connectivity index (χ3v) is 10.5. The van der Waals surface area contributed by atoms with Gasteiger partial charge in [-0.1, -0.05) is 0 Å². The fraction of sp³-hybridized carbons (Fsp3) is 0.400. The molecule has 0 aliphatic carbocycles. The predicted molar refractivity (Wildman–Crippen MR) is 139 cm³/mol. The third-order valence-electron chi connectivity index (χ3n) is 2.26. The number of rotatable bonds is 9. The van der Waals surface area contributed by atoms with Gasteiger partial charge in [0.1, 0.15) is 0 Å². The second-order valence-electron chi connectivity index (χ2n) is 4.19. The molecule has 0 atom stereocenters. The zero-order chi connectivity index (χ0) is 20.1. The number of hydrogen-bond acceptors (Lipinski definition) is 12. The molecule has 0 N–H and O–H groups in total. The quantitative estimate of drug-likeness (QED) is 0.228. The van der Waals surface area contributed by atoms with E-state index in [4.69, 9.17) is 50.9 Å². The van der Waals surface area contributed by atoms with Crippen LogP contribution in [-0.2, 0) is 14.2 Å². The van der Waals surface area contributed by atoms with Crippen molar-refractivity contribution in [3.05, 3.63) is 18.2 Å². The molecule has 0 bridgehead atoms. The number of thiocarbonyl (C=S) groups is 3. The van der Waals surface area contributed by atoms with Crippen LogP contribution in [0.3, 0.4) is 0 Å². The van der Waals surface area contributed by atoms with Gasteiger partial charge in [-0.3, -0.25) is 0 Å². The van der Waals surface area contributed by atoms with Crippen molar-refractivity contribution in [3.63, 3.8) is 0 Å². The average molecular weight is 535 g/mol. The van der Waals surface area contributed by atoms with Crippen molar-refractivity contribution in [2.75, 3.05) is 19.8 Å². The number of hydrogen-bond donors (Lipinski definition) is 0. The second-order valence-corrected chi connectivity index (χ2v) is 12.6. The smallest absolute Gasteiger partial charge is 0.231 e. The molecule has 0 spiro atoms. The molecule has 0 aliphatic rings. The first-order valence-electron chi connectivity index (χ1n) is 7.67. The first kappa shape index (κ1) is 26.0. The van der Waals surface area contributed by atoms with Gasteiger partial charge in [0.2, 0.25) is 13.1 Å². The maximum absolute atomic E-state index is 5.32. The molecule has 0 aromatic heterocycles. The standard InChI is InChI=1S/C15H18O3S9/c1-4-16-13(19)25-22-10-7-11(23-26-14(20)17-5-2)9-12(8-10)24-27-15(21)18-6-3/h7-9H,4-6H2,1-3H3. The molecular weight excluding hydrogens is 517 g/mol. The van der Waals surface area contributed by atoms with Crippen LogP contribution in [0.25, 0.3) is 0 Å². The van der Waals surface area contributed by atoms with Crippen LogP contribution in [0.5, 0.6) is 0 Å². The lowest BCUT2D eigenvalue weighted by Gasteiger charge is -2.10. The van der Waals surface area contributed by atoms with Crippen molar-refractivity contribution < 1.29 is 14.2 Å². The minimum absolute atomic E-state index is 0.522. The van der Waals surface area contributed by atoms with Gasteiger partial charge in [-0.05, 0) is 140 Å². The summed E-state index contributed by atoms with van der Waals surface area (Å²) in [6.07, 6.45) is 0. The van der Waals surface area contributed by atoms with E-state index in [1.54, 1.807) is 32.4 Å². The Labute approximate surface area is 200 Å². The summed E-state index contributed by atoms with van der Waals surface area (Å²) < 4.78 is 17.5. The normalized spacial score (nSPS) is 10.3. The molecule has 0 radical (unpaired) electrons. The second kappa shape index (κ2) is 15.8. The Morgan fingerprint density at radius 3 is 1.11 bits per heavy atom. The summed E-state index contributed by atoms with van der Waals surface area (Å²) >= 11 is 15.5. The minimum Gasteiger partial charge on any atom is -0.478 e. The number of ether oxygens (including phenoxy) is 3. The van der Waals surface area contributed by atoms with Crippen LogP contribution in [-0.4, -0.2) is 33.0 Å². The molecular formula is C15H18O3S9. The summed E-state index contributed by atoms with van der Waals surface area (Å²) in [6, 6.07) is 6.27. The maximum atomic E-state index is 5.32. The third kappa shape index (κ3) is 12.3. The lowest BCUT2D eigenvalue weighted by Crippen LogP contribution is -1.94. The van der Waals surface area contributed by atoms with Crippen LogP contribution in [0.4, 0.5) is 0 Å². The van der Waals surface area contributed by atoms with Gasteiger partial charge in [-0.15, -0.1) is 0 Å². The molecule has 150 valence electrons. The molecule has 0 unspecified atom stereocenters. The van der Waals surface area contributed by atoms with Crippen molar-refractivity contribution in [1.29, 1.82) is 0 Å². The highest BCUT2D eigenvalue weighted by Crippen LogP contribution is 2.43. The van der Waals surface area contributed by atoms with Crippen molar-refractivity contribution in [3.8, 4) is 0 Å². The van der Waals surface area contributed by atoms with E-state index < -0.39 is 0 Å². The van der Waals surface area contributed by atoms with Crippen LogP contribution >= 0.6 is 101 Å². The van der Waals surface area contributed by atoms with E-state index in [0.29, 0.717) is 33.0 Å². The summed E-state index contributed by atoms with van der Waals surface area (Å²) in [5, 5.41) is 0. The van der Waals surface area contributed by atoms with Gasteiger partial charge in [0.15, 0.2) is 0 Å². The van der Waals surface area contributed by atoms with E-state index in [2.05, 4.69) is 18.2 Å². The zero-order valence-electron chi connectivity index (χ0n) is 14.8. The Morgan fingerprint density at radius 2 is 0.889 bits per heavy atom. The lowest BCUT2D eigenvalue weighted by molar-refractivity contribution is 0.346. The summed E-state index contributed by atoms with van der Waals surface area (Å²) in [5.74, 6) is 0. The largest absolute Gasteiger partial charge is 0.478 e. The van der Waals surface area contributed by atoms with Crippen LogP contribution in [0, 0.1) is 0 Å². The molecule has 0 amide bonds. The van der Waals surface area contributed by atoms with Gasteiger partial charge >= 0.3 is 0 Å². The van der Waals surface area contributed by atoms with Gasteiger partial charge in [0, 0.05) is 14.7 Å². The Kier molecular flexibility index (Phi) is 15.2. The monoisotopic (exact) mass is 534 g/mol. The summed E-state index contributed by atoms with van der Waals surface area (Å²) in [6.45, 7) is 7.46. The van der Waals surface area contributed by atoms with E-state index in [1.807, 2.05) is 20.8 Å². The SMILES string of the molecule is CCOC(=S)SSc1cc(SSC(=S)OCC)cc(SSC(=S)OCC)c1. The van der Waals surface area contributed by atoms with Crippen LogP contribution in [0.15, 0.2) is 32.9 Å². The fourth-order valence-electron chi connectivity index (χ4n) is 1.36. The van der Waals surface area contributed by atoms with E-state index in [1.165, 1.54) is 32.4 Å². The Balaban J connectivity index is 2.81. The minimum atomic E-state index is 0.522. The van der Waals surface area contributed by atoms with Gasteiger partial charge in [-0.25, -0.2) is 0 Å². The number of benzene rings is 1. The Morgan fingerprint density at radius 1 is 0.630 bits per heavy atom. The van der Waals surface area contributed by atoms with Crippen molar-refractivity contribution in [2.24, 2.45) is 0 Å². The van der Waals surface area contributed by atoms with E-state index in [-0.39, 0.29) is 0 Å². The highest BCUT2D eigenvalue weighted by atomic mass is 33.1. The highest BCUT2D eigenvalue weighted by Gasteiger charge is 2.09. The molecule has 1 rings (SSSR count). The average Bonchev–Trinajstić information content (AvgIpc) is 2.64. The zero-order valence-corrected chi connectivity index (χ0v) is 22.1. The van der Waals surface area contributed by atoms with Crippen LogP contribution in [0.2, 0.25) is 0 Å². The van der Waals surface area contributed by atoms with E-state index in [9.17, 15) is 0 Å². The molecule has 3 nitrogen and oxygen atoms in total. The maximum Gasteiger partial charge on any atom is 0.231 e. The topological polar surface area (TPSA) is 27.7 Å². The Hall–Kier alpha value is 0.990.